The Morgan fingerprint density at radius 2 is 2.12 bits per heavy atom. The van der Waals surface area contributed by atoms with Gasteiger partial charge in [-0.25, -0.2) is 0 Å². The molecule has 2 aromatic rings. The van der Waals surface area contributed by atoms with Crippen LogP contribution in [0, 0.1) is 19.8 Å². The van der Waals surface area contributed by atoms with E-state index in [2.05, 4.69) is 18.0 Å². The molecule has 2 saturated heterocycles. The fourth-order valence-electron chi connectivity index (χ4n) is 4.80. The standard InChI is InChI=1S/C21H26N2O3/c1-14-11-17-15(2)3-7-22-19(17)18(12-14)20(25)23-8-4-16(13-24)21(23)5-9-26-10-6-21/h3,7,11-12,16,24H,4-6,8-10,13H2,1-2H3. The highest BCUT2D eigenvalue weighted by atomic mass is 16.5. The maximum atomic E-state index is 13.6. The Labute approximate surface area is 154 Å². The van der Waals surface area contributed by atoms with Crippen LogP contribution in [0.3, 0.4) is 0 Å². The van der Waals surface area contributed by atoms with Gasteiger partial charge in [0, 0.05) is 43.9 Å². The zero-order valence-electron chi connectivity index (χ0n) is 15.5. The van der Waals surface area contributed by atoms with Gasteiger partial charge < -0.3 is 14.7 Å². The minimum atomic E-state index is -0.288. The molecule has 0 aliphatic carbocycles. The van der Waals surface area contributed by atoms with Crippen LogP contribution >= 0.6 is 0 Å². The van der Waals surface area contributed by atoms with Gasteiger partial charge in [-0.05, 0) is 62.4 Å². The number of hydrogen-bond donors (Lipinski definition) is 1. The summed E-state index contributed by atoms with van der Waals surface area (Å²) in [6.45, 7) is 6.17. The molecule has 2 fully saturated rings. The number of rotatable bonds is 2. The molecule has 1 N–H and O–H groups in total. The van der Waals surface area contributed by atoms with Crippen molar-refractivity contribution in [2.45, 2.75) is 38.6 Å². The number of aryl methyl sites for hydroxylation is 2. The number of hydrogen-bond acceptors (Lipinski definition) is 4. The number of aliphatic hydroxyl groups is 1. The number of ether oxygens (including phenoxy) is 1. The third-order valence-corrected chi connectivity index (χ3v) is 6.26. The van der Waals surface area contributed by atoms with Crippen LogP contribution in [0.2, 0.25) is 0 Å². The molecule has 138 valence electrons. The summed E-state index contributed by atoms with van der Waals surface area (Å²) in [6.07, 6.45) is 4.20. The molecular formula is C21H26N2O3. The molecule has 0 saturated carbocycles. The Hall–Kier alpha value is -1.98. The Kier molecular flexibility index (Phi) is 4.45. The summed E-state index contributed by atoms with van der Waals surface area (Å²) in [4.78, 5) is 20.2. The second-order valence-corrected chi connectivity index (χ2v) is 7.68. The van der Waals surface area contributed by atoms with Gasteiger partial charge in [-0.3, -0.25) is 9.78 Å². The number of carbonyl (C=O) groups is 1. The van der Waals surface area contributed by atoms with Crippen molar-refractivity contribution in [1.82, 2.24) is 9.88 Å². The molecule has 1 amide bonds. The van der Waals surface area contributed by atoms with Crippen LogP contribution in [0.4, 0.5) is 0 Å². The van der Waals surface area contributed by atoms with Gasteiger partial charge in [0.2, 0.25) is 0 Å². The molecule has 5 nitrogen and oxygen atoms in total. The Bertz CT molecular complexity index is 843. The van der Waals surface area contributed by atoms with Crippen LogP contribution in [-0.2, 0) is 4.74 Å². The number of fused-ring (bicyclic) bond motifs is 1. The fraction of sp³-hybridized carbons (Fsp3) is 0.524. The number of aliphatic hydroxyl groups excluding tert-OH is 1. The number of aromatic nitrogens is 1. The molecule has 2 aliphatic heterocycles. The van der Waals surface area contributed by atoms with E-state index < -0.39 is 0 Å². The first-order chi connectivity index (χ1) is 12.6. The molecule has 1 unspecified atom stereocenters. The van der Waals surface area contributed by atoms with Crippen LogP contribution in [0.5, 0.6) is 0 Å². The van der Waals surface area contributed by atoms with Crippen LogP contribution in [0.1, 0.15) is 40.7 Å². The van der Waals surface area contributed by atoms with Gasteiger partial charge in [-0.2, -0.15) is 0 Å². The molecule has 4 rings (SSSR count). The van der Waals surface area contributed by atoms with E-state index in [1.807, 2.05) is 24.0 Å². The molecule has 5 heteroatoms. The van der Waals surface area contributed by atoms with Gasteiger partial charge in [0.25, 0.3) is 5.91 Å². The molecule has 26 heavy (non-hydrogen) atoms. The monoisotopic (exact) mass is 354 g/mol. The van der Waals surface area contributed by atoms with Gasteiger partial charge in [-0.15, -0.1) is 0 Å². The summed E-state index contributed by atoms with van der Waals surface area (Å²) in [5.41, 5.74) is 3.35. The number of nitrogens with zero attached hydrogens (tertiary/aromatic N) is 2. The Balaban J connectivity index is 1.80. The average Bonchev–Trinajstić information content (AvgIpc) is 2.99. The first-order valence-corrected chi connectivity index (χ1v) is 9.43. The predicted octanol–water partition coefficient (Wildman–Crippen LogP) is 2.86. The summed E-state index contributed by atoms with van der Waals surface area (Å²) >= 11 is 0. The zero-order valence-corrected chi connectivity index (χ0v) is 15.5. The molecule has 3 heterocycles. The van der Waals surface area contributed by atoms with Crippen LogP contribution in [0.25, 0.3) is 10.9 Å². The van der Waals surface area contributed by atoms with E-state index >= 15 is 0 Å². The van der Waals surface area contributed by atoms with E-state index in [0.717, 1.165) is 41.3 Å². The van der Waals surface area contributed by atoms with Crippen molar-refractivity contribution in [2.75, 3.05) is 26.4 Å². The van der Waals surface area contributed by atoms with Crippen molar-refractivity contribution in [3.05, 3.63) is 41.1 Å². The molecule has 1 aromatic heterocycles. The fourth-order valence-corrected chi connectivity index (χ4v) is 4.80. The number of likely N-dealkylation sites (tertiary alicyclic amines) is 1. The maximum absolute atomic E-state index is 13.6. The lowest BCUT2D eigenvalue weighted by atomic mass is 9.78. The minimum Gasteiger partial charge on any atom is -0.396 e. The number of benzene rings is 1. The average molecular weight is 354 g/mol. The van der Waals surface area contributed by atoms with Crippen molar-refractivity contribution in [3.63, 3.8) is 0 Å². The van der Waals surface area contributed by atoms with Gasteiger partial charge in [0.15, 0.2) is 0 Å². The van der Waals surface area contributed by atoms with Crippen molar-refractivity contribution in [1.29, 1.82) is 0 Å². The highest BCUT2D eigenvalue weighted by Gasteiger charge is 2.51. The van der Waals surface area contributed by atoms with Crippen LogP contribution in [0.15, 0.2) is 24.4 Å². The first kappa shape index (κ1) is 17.4. The number of carbonyl (C=O) groups excluding carboxylic acids is 1. The summed E-state index contributed by atoms with van der Waals surface area (Å²) in [6, 6.07) is 6.03. The second-order valence-electron chi connectivity index (χ2n) is 7.68. The van der Waals surface area contributed by atoms with Crippen molar-refractivity contribution in [3.8, 4) is 0 Å². The van der Waals surface area contributed by atoms with Gasteiger partial charge in [0.05, 0.1) is 16.6 Å². The number of amides is 1. The highest BCUT2D eigenvalue weighted by molar-refractivity contribution is 6.06. The molecule has 0 radical (unpaired) electrons. The Morgan fingerprint density at radius 3 is 2.85 bits per heavy atom. The van der Waals surface area contributed by atoms with Crippen molar-refractivity contribution < 1.29 is 14.6 Å². The first-order valence-electron chi connectivity index (χ1n) is 9.43. The summed E-state index contributed by atoms with van der Waals surface area (Å²) in [5.74, 6) is 0.163. The molecule has 0 bridgehead atoms. The minimum absolute atomic E-state index is 0.0367. The van der Waals surface area contributed by atoms with Crippen molar-refractivity contribution in [2.24, 2.45) is 5.92 Å². The molecule has 1 spiro atoms. The second kappa shape index (κ2) is 6.63. The van der Waals surface area contributed by atoms with Crippen molar-refractivity contribution >= 4 is 16.8 Å². The van der Waals surface area contributed by atoms with Crippen LogP contribution < -0.4 is 0 Å². The van der Waals surface area contributed by atoms with Gasteiger partial charge in [0.1, 0.15) is 0 Å². The largest absolute Gasteiger partial charge is 0.396 e. The van der Waals surface area contributed by atoms with Gasteiger partial charge in [-0.1, -0.05) is 0 Å². The predicted molar refractivity (Wildman–Crippen MR) is 100 cm³/mol. The normalized spacial score (nSPS) is 22.3. The molecular weight excluding hydrogens is 328 g/mol. The van der Waals surface area contributed by atoms with Gasteiger partial charge >= 0.3 is 0 Å². The van der Waals surface area contributed by atoms with E-state index in [9.17, 15) is 9.90 Å². The number of pyridine rings is 1. The van der Waals surface area contributed by atoms with Crippen LogP contribution in [-0.4, -0.2) is 52.8 Å². The van der Waals surface area contributed by atoms with E-state index in [1.54, 1.807) is 6.20 Å². The summed E-state index contributed by atoms with van der Waals surface area (Å²) in [7, 11) is 0. The van der Waals surface area contributed by atoms with E-state index in [4.69, 9.17) is 4.74 Å². The summed E-state index contributed by atoms with van der Waals surface area (Å²) < 4.78 is 5.56. The highest BCUT2D eigenvalue weighted by Crippen LogP contribution is 2.43. The lowest BCUT2D eigenvalue weighted by Crippen LogP contribution is -2.54. The lowest BCUT2D eigenvalue weighted by Gasteiger charge is -2.44. The third kappa shape index (κ3) is 2.61. The smallest absolute Gasteiger partial charge is 0.256 e. The zero-order chi connectivity index (χ0) is 18.3. The van der Waals surface area contributed by atoms with E-state index in [0.29, 0.717) is 25.3 Å². The lowest BCUT2D eigenvalue weighted by molar-refractivity contribution is -0.0291. The third-order valence-electron chi connectivity index (χ3n) is 6.26. The topological polar surface area (TPSA) is 62.7 Å². The quantitative estimate of drug-likeness (QED) is 0.901. The molecule has 1 aromatic carbocycles. The maximum Gasteiger partial charge on any atom is 0.256 e. The van der Waals surface area contributed by atoms with E-state index in [1.165, 1.54) is 0 Å². The SMILES string of the molecule is Cc1cc(C(=O)N2CCC(CO)C23CCOCC3)c2nccc(C)c2c1. The molecule has 1 atom stereocenters. The Morgan fingerprint density at radius 1 is 1.35 bits per heavy atom. The summed E-state index contributed by atoms with van der Waals surface area (Å²) in [5, 5.41) is 11.0. The molecule has 2 aliphatic rings. The van der Waals surface area contributed by atoms with E-state index in [-0.39, 0.29) is 24.0 Å².